The van der Waals surface area contributed by atoms with Gasteiger partial charge in [-0.05, 0) is 18.2 Å². The summed E-state index contributed by atoms with van der Waals surface area (Å²) in [6.07, 6.45) is -12.0. The first-order chi connectivity index (χ1) is 17.5. The van der Waals surface area contributed by atoms with Crippen molar-refractivity contribution < 1.29 is 64.0 Å². The number of rotatable bonds is 8. The number of phenols is 1. The van der Waals surface area contributed by atoms with Gasteiger partial charge in [-0.25, -0.2) is 4.79 Å². The number of amides is 2. The maximum absolute atomic E-state index is 13.0. The standard InChI is InChI=1S/C22H30N2O13/c1-8(26)23-11-7-35-13(6-25)14(28)17(11)36-22-16(30)15(29)18(34-2)19(37-22)20(31)24-9-3-4-12(27)10(5-9)21(32)33/h3-5,11,13-19,22,25,27-30H,6-7H2,1-2H3,(H,23,26)(H,24,31)(H,32,33)/t11-,13+,14+,15+,16+,17+,18-,19-,22+/m0/s1. The minimum Gasteiger partial charge on any atom is -0.507 e. The molecule has 2 amide bonds. The lowest BCUT2D eigenvalue weighted by Gasteiger charge is -2.45. The maximum atomic E-state index is 13.0. The van der Waals surface area contributed by atoms with E-state index in [-0.39, 0.29) is 12.3 Å². The van der Waals surface area contributed by atoms with Gasteiger partial charge in [0.2, 0.25) is 5.91 Å². The number of methoxy groups -OCH3 is 1. The maximum Gasteiger partial charge on any atom is 0.339 e. The summed E-state index contributed by atoms with van der Waals surface area (Å²) in [5.41, 5.74) is -0.494. The number of ether oxygens (including phenoxy) is 4. The second kappa shape index (κ2) is 12.1. The number of benzene rings is 1. The van der Waals surface area contributed by atoms with Gasteiger partial charge in [-0.2, -0.15) is 0 Å². The van der Waals surface area contributed by atoms with Gasteiger partial charge in [0.05, 0.1) is 19.3 Å². The van der Waals surface area contributed by atoms with Gasteiger partial charge in [-0.1, -0.05) is 0 Å². The van der Waals surface area contributed by atoms with E-state index in [1.54, 1.807) is 0 Å². The molecule has 0 saturated carbocycles. The molecular formula is C22H30N2O13. The number of carboxylic acid groups (broad SMARTS) is 1. The number of nitrogens with one attached hydrogen (secondary N) is 2. The van der Waals surface area contributed by atoms with Gasteiger partial charge >= 0.3 is 5.97 Å². The summed E-state index contributed by atoms with van der Waals surface area (Å²) in [4.78, 5) is 35.9. The Kier molecular flexibility index (Phi) is 9.38. The van der Waals surface area contributed by atoms with Crippen LogP contribution in [0.1, 0.15) is 17.3 Å². The van der Waals surface area contributed by atoms with E-state index in [0.29, 0.717) is 0 Å². The number of aromatic hydroxyl groups is 1. The van der Waals surface area contributed by atoms with Crippen LogP contribution < -0.4 is 10.6 Å². The summed E-state index contributed by atoms with van der Waals surface area (Å²) in [5.74, 6) is -3.35. The van der Waals surface area contributed by atoms with Crippen molar-refractivity contribution in [2.24, 2.45) is 0 Å². The van der Waals surface area contributed by atoms with Gasteiger partial charge in [0.25, 0.3) is 5.91 Å². The molecule has 2 aliphatic heterocycles. The number of aromatic carboxylic acids is 1. The number of aliphatic hydroxyl groups excluding tert-OH is 4. The van der Waals surface area contributed by atoms with Crippen LogP contribution in [0.5, 0.6) is 5.75 Å². The average Bonchev–Trinajstić information content (AvgIpc) is 2.84. The molecule has 2 aliphatic rings. The van der Waals surface area contributed by atoms with E-state index >= 15 is 0 Å². The molecule has 0 unspecified atom stereocenters. The molecule has 0 spiro atoms. The molecule has 1 aromatic carbocycles. The Morgan fingerprint density at radius 2 is 1.81 bits per heavy atom. The van der Waals surface area contributed by atoms with Crippen LogP contribution in [-0.4, -0.2) is 124 Å². The Labute approximate surface area is 210 Å². The summed E-state index contributed by atoms with van der Waals surface area (Å²) in [5, 5.41) is 65.1. The van der Waals surface area contributed by atoms with Crippen molar-refractivity contribution in [3.05, 3.63) is 23.8 Å². The third-order valence-electron chi connectivity index (χ3n) is 6.03. The molecule has 3 rings (SSSR count). The highest BCUT2D eigenvalue weighted by molar-refractivity contribution is 5.97. The van der Waals surface area contributed by atoms with Gasteiger partial charge in [0.1, 0.15) is 47.9 Å². The largest absolute Gasteiger partial charge is 0.507 e. The normalized spacial score (nSPS) is 33.9. The Balaban J connectivity index is 1.83. The highest BCUT2D eigenvalue weighted by Gasteiger charge is 2.51. The first-order valence-corrected chi connectivity index (χ1v) is 11.2. The van der Waals surface area contributed by atoms with Crippen molar-refractivity contribution in [1.29, 1.82) is 0 Å². The van der Waals surface area contributed by atoms with Crippen LogP contribution in [0.3, 0.4) is 0 Å². The number of hydrogen-bond acceptors (Lipinski definition) is 12. The quantitative estimate of drug-likeness (QED) is 0.158. The summed E-state index contributed by atoms with van der Waals surface area (Å²) in [6, 6.07) is 2.37. The summed E-state index contributed by atoms with van der Waals surface area (Å²) >= 11 is 0. The zero-order valence-electron chi connectivity index (χ0n) is 19.9. The number of aliphatic hydroxyl groups is 4. The van der Waals surface area contributed by atoms with Gasteiger partial charge in [0.15, 0.2) is 12.4 Å². The number of hydrogen-bond donors (Lipinski definition) is 8. The zero-order valence-corrected chi connectivity index (χ0v) is 19.9. The highest BCUT2D eigenvalue weighted by Crippen LogP contribution is 2.29. The van der Waals surface area contributed by atoms with E-state index < -0.39 is 90.8 Å². The molecule has 8 N–H and O–H groups in total. The number of anilines is 1. The topological polar surface area (TPSA) is 234 Å². The lowest BCUT2D eigenvalue weighted by atomic mass is 9.95. The van der Waals surface area contributed by atoms with E-state index in [9.17, 15) is 45.0 Å². The molecule has 2 heterocycles. The van der Waals surface area contributed by atoms with E-state index in [4.69, 9.17) is 18.9 Å². The number of carbonyl (C=O) groups excluding carboxylic acids is 2. The minimum absolute atomic E-state index is 0.0203. The molecule has 15 heteroatoms. The highest BCUT2D eigenvalue weighted by atomic mass is 16.7. The van der Waals surface area contributed by atoms with Crippen LogP contribution in [-0.2, 0) is 28.5 Å². The molecule has 0 aliphatic carbocycles. The Morgan fingerprint density at radius 1 is 1.11 bits per heavy atom. The van der Waals surface area contributed by atoms with Gasteiger partial charge in [-0.15, -0.1) is 0 Å². The van der Waals surface area contributed by atoms with Crippen molar-refractivity contribution in [3.8, 4) is 5.75 Å². The second-order valence-electron chi connectivity index (χ2n) is 8.59. The van der Waals surface area contributed by atoms with Gasteiger partial charge in [0, 0.05) is 19.7 Å². The lowest BCUT2D eigenvalue weighted by Crippen LogP contribution is -2.66. The number of carbonyl (C=O) groups is 3. The molecule has 2 saturated heterocycles. The van der Waals surface area contributed by atoms with Crippen LogP contribution in [0.25, 0.3) is 0 Å². The fourth-order valence-electron chi connectivity index (χ4n) is 4.17. The van der Waals surface area contributed by atoms with Crippen molar-refractivity contribution in [3.63, 3.8) is 0 Å². The fraction of sp³-hybridized carbons (Fsp3) is 0.591. The molecular weight excluding hydrogens is 500 g/mol. The van der Waals surface area contributed by atoms with Crippen molar-refractivity contribution in [1.82, 2.24) is 5.32 Å². The fourth-order valence-corrected chi connectivity index (χ4v) is 4.17. The van der Waals surface area contributed by atoms with E-state index in [0.717, 1.165) is 19.2 Å². The monoisotopic (exact) mass is 530 g/mol. The average molecular weight is 530 g/mol. The molecule has 15 nitrogen and oxygen atoms in total. The van der Waals surface area contributed by atoms with E-state index in [1.807, 2.05) is 0 Å². The van der Waals surface area contributed by atoms with Crippen LogP contribution in [0.4, 0.5) is 5.69 Å². The summed E-state index contributed by atoms with van der Waals surface area (Å²) < 4.78 is 21.8. The molecule has 37 heavy (non-hydrogen) atoms. The second-order valence-corrected chi connectivity index (χ2v) is 8.59. The third-order valence-corrected chi connectivity index (χ3v) is 6.03. The Hall–Kier alpha value is -2.89. The van der Waals surface area contributed by atoms with Gasteiger partial charge < -0.3 is 60.2 Å². The number of carboxylic acids is 1. The summed E-state index contributed by atoms with van der Waals surface area (Å²) in [7, 11) is 1.16. The molecule has 0 radical (unpaired) electrons. The first-order valence-electron chi connectivity index (χ1n) is 11.2. The molecule has 1 aromatic rings. The van der Waals surface area contributed by atoms with Crippen molar-refractivity contribution >= 4 is 23.5 Å². The van der Waals surface area contributed by atoms with Crippen molar-refractivity contribution in [2.45, 2.75) is 62.0 Å². The summed E-state index contributed by atoms with van der Waals surface area (Å²) in [6.45, 7) is 0.488. The molecule has 206 valence electrons. The molecule has 9 atom stereocenters. The smallest absolute Gasteiger partial charge is 0.339 e. The van der Waals surface area contributed by atoms with Crippen LogP contribution in [0.2, 0.25) is 0 Å². The lowest BCUT2D eigenvalue weighted by molar-refractivity contribution is -0.321. The molecule has 0 aromatic heterocycles. The predicted molar refractivity (Wildman–Crippen MR) is 120 cm³/mol. The Bertz CT molecular complexity index is 991. The van der Waals surface area contributed by atoms with Crippen LogP contribution in [0.15, 0.2) is 18.2 Å². The molecule has 0 bridgehead atoms. The predicted octanol–water partition coefficient (Wildman–Crippen LogP) is -2.87. The van der Waals surface area contributed by atoms with Gasteiger partial charge in [-0.3, -0.25) is 9.59 Å². The molecule has 2 fully saturated rings. The SMILES string of the molecule is CO[C@H]1[C@H](O)[C@@H](O)[C@H](O[C@H]2[C@H](O)[C@@H](CO)OC[C@@H]2NC(C)=O)O[C@@H]1C(=O)Nc1ccc(O)c(C(=O)O)c1. The van der Waals surface area contributed by atoms with E-state index in [2.05, 4.69) is 10.6 Å². The zero-order chi connectivity index (χ0) is 27.4. The van der Waals surface area contributed by atoms with Crippen LogP contribution >= 0.6 is 0 Å². The minimum atomic E-state index is -1.76. The third kappa shape index (κ3) is 6.34. The first kappa shape index (κ1) is 28.7. The van der Waals surface area contributed by atoms with Crippen LogP contribution in [0, 0.1) is 0 Å². The van der Waals surface area contributed by atoms with E-state index in [1.165, 1.54) is 13.0 Å². The Morgan fingerprint density at radius 3 is 2.41 bits per heavy atom. The van der Waals surface area contributed by atoms with Crippen molar-refractivity contribution in [2.75, 3.05) is 25.6 Å².